The molecule has 0 aromatic rings. The Bertz CT molecular complexity index is 557. The maximum atomic E-state index is 11.8. The zero-order valence-corrected chi connectivity index (χ0v) is 14.3. The number of carbonyl (C=O) groups is 3. The van der Waals surface area contributed by atoms with Gasteiger partial charge in [-0.1, -0.05) is 18.6 Å². The molecule has 4 atom stereocenters. The number of hydrogen-bond donors (Lipinski definition) is 2. The summed E-state index contributed by atoms with van der Waals surface area (Å²) < 4.78 is 9.66. The number of aliphatic carboxylic acids is 1. The molecule has 0 aliphatic heterocycles. The molecule has 0 aromatic heterocycles. The second-order valence-electron chi connectivity index (χ2n) is 6.74. The number of esters is 1. The van der Waals surface area contributed by atoms with Crippen molar-refractivity contribution in [2.45, 2.75) is 52.7 Å². The van der Waals surface area contributed by atoms with E-state index < -0.39 is 29.7 Å². The van der Waals surface area contributed by atoms with E-state index >= 15 is 0 Å². The third-order valence-electron chi connectivity index (χ3n) is 4.97. The van der Waals surface area contributed by atoms with Crippen LogP contribution in [0.5, 0.6) is 0 Å². The first kappa shape index (κ1) is 18.3. The summed E-state index contributed by atoms with van der Waals surface area (Å²) >= 11 is 0. The number of ether oxygens (including phenoxy) is 2. The normalized spacial score (nSPS) is 28.9. The van der Waals surface area contributed by atoms with Crippen molar-refractivity contribution in [3.63, 3.8) is 0 Å². The number of rotatable bonds is 7. The highest BCUT2D eigenvalue weighted by Crippen LogP contribution is 2.59. The lowest BCUT2D eigenvalue weighted by molar-refractivity contribution is -0.162. The van der Waals surface area contributed by atoms with Gasteiger partial charge in [-0.25, -0.2) is 4.79 Å². The molecule has 2 aliphatic carbocycles. The average molecular weight is 339 g/mol. The fourth-order valence-corrected chi connectivity index (χ4v) is 4.00. The maximum absolute atomic E-state index is 11.8. The van der Waals surface area contributed by atoms with Gasteiger partial charge in [-0.05, 0) is 31.1 Å². The zero-order valence-electron chi connectivity index (χ0n) is 14.3. The predicted molar refractivity (Wildman–Crippen MR) is 85.0 cm³/mol. The van der Waals surface area contributed by atoms with E-state index in [2.05, 4.69) is 18.3 Å². The van der Waals surface area contributed by atoms with Gasteiger partial charge in [0.2, 0.25) is 6.29 Å². The van der Waals surface area contributed by atoms with Gasteiger partial charge in [0.25, 0.3) is 0 Å². The molecule has 0 bridgehead atoms. The van der Waals surface area contributed by atoms with Crippen LogP contribution in [0.25, 0.3) is 0 Å². The summed E-state index contributed by atoms with van der Waals surface area (Å²) in [6, 6.07) is 0. The Hall–Kier alpha value is -2.05. The SMILES string of the molecule is CCC1=C[C@H]2[C@H](C1)C[C@@]2(CNC(=O)OC(C)OC(C)=O)CC(=O)O. The third-order valence-corrected chi connectivity index (χ3v) is 4.97. The fourth-order valence-electron chi connectivity index (χ4n) is 4.00. The molecule has 2 N–H and O–H groups in total. The van der Waals surface area contributed by atoms with Crippen molar-refractivity contribution < 1.29 is 29.0 Å². The molecule has 1 fully saturated rings. The maximum Gasteiger partial charge on any atom is 0.410 e. The first-order valence-electron chi connectivity index (χ1n) is 8.29. The first-order chi connectivity index (χ1) is 11.3. The zero-order chi connectivity index (χ0) is 17.9. The summed E-state index contributed by atoms with van der Waals surface area (Å²) in [5.41, 5.74) is 0.903. The van der Waals surface area contributed by atoms with E-state index in [4.69, 9.17) is 9.47 Å². The van der Waals surface area contributed by atoms with Crippen molar-refractivity contribution in [3.8, 4) is 0 Å². The van der Waals surface area contributed by atoms with Crippen molar-refractivity contribution in [2.24, 2.45) is 17.3 Å². The van der Waals surface area contributed by atoms with E-state index in [0.717, 1.165) is 19.3 Å². The highest BCUT2D eigenvalue weighted by Gasteiger charge is 2.55. The Kier molecular flexibility index (Phi) is 5.51. The lowest BCUT2D eigenvalue weighted by atomic mass is 9.53. The van der Waals surface area contributed by atoms with Crippen LogP contribution in [0.3, 0.4) is 0 Å². The molecule has 2 aliphatic rings. The highest BCUT2D eigenvalue weighted by atomic mass is 16.7. The Morgan fingerprint density at radius 1 is 1.42 bits per heavy atom. The molecule has 24 heavy (non-hydrogen) atoms. The van der Waals surface area contributed by atoms with Gasteiger partial charge in [0.1, 0.15) is 0 Å². The van der Waals surface area contributed by atoms with Gasteiger partial charge in [0.05, 0.1) is 6.42 Å². The number of carboxylic acids is 1. The molecule has 0 spiro atoms. The number of carbonyl (C=O) groups excluding carboxylic acids is 2. The number of nitrogens with one attached hydrogen (secondary N) is 1. The number of allylic oxidation sites excluding steroid dienone is 2. The summed E-state index contributed by atoms with van der Waals surface area (Å²) in [5.74, 6) is -0.732. The van der Waals surface area contributed by atoms with Gasteiger partial charge in [-0.15, -0.1) is 0 Å². The van der Waals surface area contributed by atoms with Crippen molar-refractivity contribution in [2.75, 3.05) is 6.54 Å². The topological polar surface area (TPSA) is 102 Å². The van der Waals surface area contributed by atoms with Crippen molar-refractivity contribution in [1.29, 1.82) is 0 Å². The fraction of sp³-hybridized carbons (Fsp3) is 0.706. The van der Waals surface area contributed by atoms with Crippen LogP contribution < -0.4 is 5.32 Å². The van der Waals surface area contributed by atoms with Gasteiger partial charge in [-0.3, -0.25) is 9.59 Å². The van der Waals surface area contributed by atoms with E-state index in [1.54, 1.807) is 0 Å². The molecule has 7 heteroatoms. The molecule has 0 heterocycles. The molecule has 0 radical (unpaired) electrons. The van der Waals surface area contributed by atoms with Crippen LogP contribution >= 0.6 is 0 Å². The molecule has 0 saturated heterocycles. The van der Waals surface area contributed by atoms with E-state index in [1.807, 2.05) is 0 Å². The van der Waals surface area contributed by atoms with Crippen LogP contribution in [0.15, 0.2) is 11.6 Å². The van der Waals surface area contributed by atoms with Crippen LogP contribution in [0.2, 0.25) is 0 Å². The first-order valence-corrected chi connectivity index (χ1v) is 8.29. The molecule has 0 aromatic carbocycles. The summed E-state index contributed by atoms with van der Waals surface area (Å²) in [6.45, 7) is 5.01. The van der Waals surface area contributed by atoms with Crippen LogP contribution in [0, 0.1) is 17.3 Å². The Labute approximate surface area is 141 Å². The smallest absolute Gasteiger partial charge is 0.410 e. The molecule has 2 rings (SSSR count). The van der Waals surface area contributed by atoms with Crippen LogP contribution in [-0.4, -0.2) is 36.0 Å². The third kappa shape index (κ3) is 4.07. The second kappa shape index (κ2) is 7.23. The Balaban J connectivity index is 1.94. The second-order valence-corrected chi connectivity index (χ2v) is 6.74. The summed E-state index contributed by atoms with van der Waals surface area (Å²) in [7, 11) is 0. The Morgan fingerprint density at radius 2 is 2.12 bits per heavy atom. The van der Waals surface area contributed by atoms with Gasteiger partial charge >= 0.3 is 18.0 Å². The Morgan fingerprint density at radius 3 is 2.71 bits per heavy atom. The van der Waals surface area contributed by atoms with Gasteiger partial charge in [0.15, 0.2) is 0 Å². The summed E-state index contributed by atoms with van der Waals surface area (Å²) in [4.78, 5) is 33.9. The van der Waals surface area contributed by atoms with Crippen molar-refractivity contribution in [1.82, 2.24) is 5.32 Å². The van der Waals surface area contributed by atoms with E-state index in [-0.39, 0.29) is 18.9 Å². The molecular weight excluding hydrogens is 314 g/mol. The number of alkyl carbamates (subject to hydrolysis) is 1. The predicted octanol–water partition coefficient (Wildman–Crippen LogP) is 2.46. The number of carboxylic acid groups (broad SMARTS) is 1. The van der Waals surface area contributed by atoms with Crippen molar-refractivity contribution >= 4 is 18.0 Å². The minimum absolute atomic E-state index is 0.0153. The molecule has 7 nitrogen and oxygen atoms in total. The lowest BCUT2D eigenvalue weighted by Crippen LogP contribution is -2.53. The molecule has 1 unspecified atom stereocenters. The quantitative estimate of drug-likeness (QED) is 0.420. The summed E-state index contributed by atoms with van der Waals surface area (Å²) in [6.07, 6.45) is 3.29. The molecule has 134 valence electrons. The number of amides is 1. The van der Waals surface area contributed by atoms with Crippen LogP contribution in [-0.2, 0) is 19.1 Å². The van der Waals surface area contributed by atoms with Gasteiger partial charge < -0.3 is 19.9 Å². The van der Waals surface area contributed by atoms with Crippen LogP contribution in [0.4, 0.5) is 4.79 Å². The minimum atomic E-state index is -0.981. The van der Waals surface area contributed by atoms with Gasteiger partial charge in [0, 0.05) is 25.8 Å². The lowest BCUT2D eigenvalue weighted by Gasteiger charge is -2.51. The van der Waals surface area contributed by atoms with Crippen molar-refractivity contribution in [3.05, 3.63) is 11.6 Å². The average Bonchev–Trinajstić information content (AvgIpc) is 2.80. The molecular formula is C17H25NO6. The monoisotopic (exact) mass is 339 g/mol. The minimum Gasteiger partial charge on any atom is -0.481 e. The number of hydrogen-bond acceptors (Lipinski definition) is 5. The largest absolute Gasteiger partial charge is 0.481 e. The van der Waals surface area contributed by atoms with Crippen LogP contribution in [0.1, 0.15) is 46.5 Å². The molecule has 1 saturated carbocycles. The van der Waals surface area contributed by atoms with E-state index in [9.17, 15) is 19.5 Å². The standard InChI is InChI=1S/C17H25NO6/c1-4-12-5-13-7-17(8-15(20)21,14(13)6-12)9-18-16(22)24-11(3)23-10(2)19/h6,11,13-14H,4-5,7-9H2,1-3H3,(H,18,22)(H,20,21)/t11?,13-,14+,17+/m1/s1. The van der Waals surface area contributed by atoms with E-state index in [1.165, 1.54) is 19.4 Å². The number of fused-ring (bicyclic) bond motifs is 1. The van der Waals surface area contributed by atoms with Gasteiger partial charge in [-0.2, -0.15) is 0 Å². The summed E-state index contributed by atoms with van der Waals surface area (Å²) in [5, 5.41) is 11.9. The highest BCUT2D eigenvalue weighted by molar-refractivity contribution is 5.70. The molecule has 1 amide bonds. The van der Waals surface area contributed by atoms with E-state index in [0.29, 0.717) is 5.92 Å².